The largest absolute Gasteiger partial charge is 0.265 e. The zero-order valence-corrected chi connectivity index (χ0v) is 18.3. The molecule has 2 nitrogen and oxygen atoms in total. The van der Waals surface area contributed by atoms with E-state index >= 15 is 0 Å². The summed E-state index contributed by atoms with van der Waals surface area (Å²) in [5.41, 5.74) is 4.25. The number of benzene rings is 3. The fraction of sp³-hybridized carbons (Fsp3) is 0. The molecular weight excluding hydrogens is 438 g/mol. The fourth-order valence-corrected chi connectivity index (χ4v) is 6.27. The van der Waals surface area contributed by atoms with E-state index in [4.69, 9.17) is 22.4 Å². The zero-order valence-electron chi connectivity index (χ0n) is 13.3. The van der Waals surface area contributed by atoms with Gasteiger partial charge in [0.25, 0.3) is 0 Å². The van der Waals surface area contributed by atoms with Gasteiger partial charge in [0.15, 0.2) is 13.2 Å². The standard InChI is InChI=1S/C18H12O2P2S4/c19-21(25-23)17-8-4-13(5-9-17)15-2-1-3-16(12-15)14-6-10-18(11-7-14)22(20)26-24/h1-12H. The molecule has 0 aliphatic heterocycles. The molecule has 0 spiro atoms. The van der Waals surface area contributed by atoms with Gasteiger partial charge in [-0.15, -0.1) is 0 Å². The van der Waals surface area contributed by atoms with Crippen LogP contribution in [0.2, 0.25) is 0 Å². The molecule has 0 aliphatic rings. The molecule has 0 fully saturated rings. The SMILES string of the molecule is O=P(=S=S)c1ccc(-c2cccc(-c3ccc(P(=O)=S=S)cc3)c2)cc1. The van der Waals surface area contributed by atoms with Crippen molar-refractivity contribution in [3.63, 3.8) is 0 Å². The van der Waals surface area contributed by atoms with E-state index in [9.17, 15) is 9.13 Å². The number of hydrogen-bond donors (Lipinski definition) is 0. The quantitative estimate of drug-likeness (QED) is 0.533. The van der Waals surface area contributed by atoms with Crippen molar-refractivity contribution in [1.29, 1.82) is 0 Å². The summed E-state index contributed by atoms with van der Waals surface area (Å²) < 4.78 is 23.6. The third-order valence-electron chi connectivity index (χ3n) is 3.82. The Hall–Kier alpha value is -1.26. The molecule has 3 rings (SSSR count). The van der Waals surface area contributed by atoms with Crippen molar-refractivity contribution in [3.05, 3.63) is 72.8 Å². The van der Waals surface area contributed by atoms with Gasteiger partial charge in [0, 0.05) is 10.6 Å². The monoisotopic (exact) mass is 450 g/mol. The normalized spacial score (nSPS) is 11.5. The van der Waals surface area contributed by atoms with Crippen LogP contribution in [0.3, 0.4) is 0 Å². The van der Waals surface area contributed by atoms with Crippen molar-refractivity contribution in [2.45, 2.75) is 0 Å². The molecule has 8 heteroatoms. The molecule has 26 heavy (non-hydrogen) atoms. The molecule has 0 amide bonds. The summed E-state index contributed by atoms with van der Waals surface area (Å²) >= 11 is 9.59. The van der Waals surface area contributed by atoms with Crippen molar-refractivity contribution < 1.29 is 9.13 Å². The minimum absolute atomic E-state index is 0.754. The van der Waals surface area contributed by atoms with E-state index < -0.39 is 13.2 Å². The van der Waals surface area contributed by atoms with E-state index in [1.54, 1.807) is 0 Å². The lowest BCUT2D eigenvalue weighted by Gasteiger charge is -2.07. The molecular formula is C18H12O2P2S4. The van der Waals surface area contributed by atoms with Gasteiger partial charge >= 0.3 is 0 Å². The third-order valence-corrected chi connectivity index (χ3v) is 10.0. The van der Waals surface area contributed by atoms with E-state index in [-0.39, 0.29) is 0 Å². The van der Waals surface area contributed by atoms with Gasteiger partial charge in [-0.3, -0.25) is 9.13 Å². The van der Waals surface area contributed by atoms with E-state index in [1.165, 1.54) is 0 Å². The lowest BCUT2D eigenvalue weighted by atomic mass is 9.99. The van der Waals surface area contributed by atoms with E-state index in [0.717, 1.165) is 51.9 Å². The Kier molecular flexibility index (Phi) is 6.82. The van der Waals surface area contributed by atoms with Gasteiger partial charge < -0.3 is 0 Å². The highest BCUT2D eigenvalue weighted by atomic mass is 32.9. The van der Waals surface area contributed by atoms with Crippen molar-refractivity contribution in [2.24, 2.45) is 0 Å². The summed E-state index contributed by atoms with van der Waals surface area (Å²) in [7, 11) is 1.90. The molecule has 0 heterocycles. The lowest BCUT2D eigenvalue weighted by molar-refractivity contribution is 0.601. The summed E-state index contributed by atoms with van der Waals surface area (Å²) in [5, 5.41) is 1.51. The second kappa shape index (κ2) is 9.09. The highest BCUT2D eigenvalue weighted by Crippen LogP contribution is 2.26. The average Bonchev–Trinajstić information content (AvgIpc) is 2.73. The Morgan fingerprint density at radius 2 is 0.962 bits per heavy atom. The molecule has 2 atom stereocenters. The molecule has 0 saturated carbocycles. The van der Waals surface area contributed by atoms with Crippen LogP contribution in [0.4, 0.5) is 0 Å². The molecule has 130 valence electrons. The van der Waals surface area contributed by atoms with Crippen LogP contribution < -0.4 is 10.6 Å². The van der Waals surface area contributed by atoms with Gasteiger partial charge in [-0.25, -0.2) is 0 Å². The van der Waals surface area contributed by atoms with Crippen LogP contribution in [0, 0.1) is 0 Å². The summed E-state index contributed by atoms with van der Waals surface area (Å²) in [6.45, 7) is -3.12. The maximum Gasteiger partial charge on any atom is 0.197 e. The Morgan fingerprint density at radius 3 is 1.31 bits per heavy atom. The smallest absolute Gasteiger partial charge is 0.197 e. The molecule has 2 unspecified atom stereocenters. The highest BCUT2D eigenvalue weighted by molar-refractivity contribution is 8.34. The lowest BCUT2D eigenvalue weighted by Crippen LogP contribution is -1.92. The molecule has 0 aliphatic carbocycles. The van der Waals surface area contributed by atoms with Crippen LogP contribution in [0.5, 0.6) is 0 Å². The Bertz CT molecular complexity index is 1070. The van der Waals surface area contributed by atoms with Crippen LogP contribution in [-0.4, -0.2) is 0 Å². The third kappa shape index (κ3) is 4.52. The van der Waals surface area contributed by atoms with Gasteiger partial charge in [-0.1, -0.05) is 42.5 Å². The van der Waals surface area contributed by atoms with Crippen LogP contribution in [0.25, 0.3) is 22.3 Å². The predicted molar refractivity (Wildman–Crippen MR) is 121 cm³/mol. The van der Waals surface area contributed by atoms with Gasteiger partial charge in [-0.05, 0) is 94.0 Å². The first-order chi connectivity index (χ1) is 12.6. The minimum atomic E-state index is -1.56. The first-order valence-corrected chi connectivity index (χ1v) is 14.7. The van der Waals surface area contributed by atoms with Crippen LogP contribution in [0.1, 0.15) is 0 Å². The van der Waals surface area contributed by atoms with Crippen molar-refractivity contribution in [2.75, 3.05) is 0 Å². The summed E-state index contributed by atoms with van der Waals surface area (Å²) in [6, 6.07) is 23.5. The van der Waals surface area contributed by atoms with Gasteiger partial charge in [0.05, 0.1) is 0 Å². The fourth-order valence-electron chi connectivity index (χ4n) is 2.52. The molecule has 0 aromatic heterocycles. The second-order valence-electron chi connectivity index (χ2n) is 5.34. The number of rotatable bonds is 4. The first-order valence-electron chi connectivity index (χ1n) is 7.47. The van der Waals surface area contributed by atoms with Crippen LogP contribution >= 0.6 is 13.2 Å². The van der Waals surface area contributed by atoms with Crippen molar-refractivity contribution >= 4 is 65.1 Å². The molecule has 0 bridgehead atoms. The molecule has 3 aromatic carbocycles. The molecule has 0 radical (unpaired) electrons. The Labute approximate surface area is 168 Å². The van der Waals surface area contributed by atoms with E-state index in [0.29, 0.717) is 0 Å². The average molecular weight is 451 g/mol. The van der Waals surface area contributed by atoms with Crippen LogP contribution in [0.15, 0.2) is 72.8 Å². The maximum atomic E-state index is 11.8. The first kappa shape index (κ1) is 19.5. The summed E-state index contributed by atoms with van der Waals surface area (Å²) in [5.74, 6) is 0. The minimum Gasteiger partial charge on any atom is -0.265 e. The Morgan fingerprint density at radius 1 is 0.577 bits per heavy atom. The van der Waals surface area contributed by atoms with Crippen molar-refractivity contribution in [1.82, 2.24) is 0 Å². The van der Waals surface area contributed by atoms with Gasteiger partial charge in [0.1, 0.15) is 0 Å². The molecule has 3 aromatic rings. The summed E-state index contributed by atoms with van der Waals surface area (Å²) in [6.07, 6.45) is 0. The summed E-state index contributed by atoms with van der Waals surface area (Å²) in [4.78, 5) is 0. The molecule has 0 saturated heterocycles. The van der Waals surface area contributed by atoms with Crippen LogP contribution in [-0.2, 0) is 50.5 Å². The van der Waals surface area contributed by atoms with E-state index in [1.807, 2.05) is 66.7 Å². The van der Waals surface area contributed by atoms with Gasteiger partial charge in [0.2, 0.25) is 0 Å². The molecule has 0 N–H and O–H groups in total. The zero-order chi connectivity index (χ0) is 18.5. The Balaban J connectivity index is 1.95. The number of hydrogen-bond acceptors (Lipinski definition) is 4. The second-order valence-corrected chi connectivity index (χ2v) is 13.3. The van der Waals surface area contributed by atoms with E-state index in [2.05, 4.69) is 6.07 Å². The predicted octanol–water partition coefficient (Wildman–Crippen LogP) is 4.85. The van der Waals surface area contributed by atoms with Gasteiger partial charge in [-0.2, -0.15) is 0 Å². The highest BCUT2D eigenvalue weighted by Gasteiger charge is 2.04. The topological polar surface area (TPSA) is 34.1 Å². The van der Waals surface area contributed by atoms with Crippen molar-refractivity contribution in [3.8, 4) is 22.3 Å². The maximum absolute atomic E-state index is 11.8.